The number of rotatable bonds is 4. The number of nitrogens with zero attached hydrogens (tertiary/aromatic N) is 2. The van der Waals surface area contributed by atoms with Gasteiger partial charge in [0.15, 0.2) is 0 Å². The van der Waals surface area contributed by atoms with Gasteiger partial charge in [-0.1, -0.05) is 24.6 Å². The predicted molar refractivity (Wildman–Crippen MR) is 90.0 cm³/mol. The molecule has 0 saturated carbocycles. The Bertz CT molecular complexity index is 460. The van der Waals surface area contributed by atoms with Crippen LogP contribution in [-0.4, -0.2) is 48.4 Å². The molecule has 1 amide bonds. The lowest BCUT2D eigenvalue weighted by Gasteiger charge is -2.34. The summed E-state index contributed by atoms with van der Waals surface area (Å²) in [6.45, 7) is 5.71. The van der Waals surface area contributed by atoms with Crippen molar-refractivity contribution in [3.8, 4) is 0 Å². The molecule has 3 nitrogen and oxygen atoms in total. The average molecular weight is 300 g/mol. The topological polar surface area (TPSA) is 23.6 Å². The third-order valence-electron chi connectivity index (χ3n) is 5.22. The third kappa shape index (κ3) is 4.10. The molecule has 2 aliphatic heterocycles. The Morgan fingerprint density at radius 2 is 1.64 bits per heavy atom. The summed E-state index contributed by atoms with van der Waals surface area (Å²) < 4.78 is 0. The van der Waals surface area contributed by atoms with Crippen LogP contribution >= 0.6 is 0 Å². The van der Waals surface area contributed by atoms with Crippen molar-refractivity contribution in [2.75, 3.05) is 32.7 Å². The Morgan fingerprint density at radius 3 is 2.32 bits per heavy atom. The molecule has 3 rings (SSSR count). The lowest BCUT2D eigenvalue weighted by Crippen LogP contribution is -2.39. The first-order chi connectivity index (χ1) is 10.8. The van der Waals surface area contributed by atoms with Crippen molar-refractivity contribution in [1.29, 1.82) is 0 Å². The van der Waals surface area contributed by atoms with Crippen LogP contribution in [0.25, 0.3) is 0 Å². The number of hydrogen-bond donors (Lipinski definition) is 0. The zero-order valence-electron chi connectivity index (χ0n) is 13.5. The van der Waals surface area contributed by atoms with Gasteiger partial charge in [-0.3, -0.25) is 4.79 Å². The van der Waals surface area contributed by atoms with E-state index in [0.29, 0.717) is 0 Å². The molecule has 0 N–H and O–H groups in total. The van der Waals surface area contributed by atoms with Gasteiger partial charge in [-0.25, -0.2) is 0 Å². The highest BCUT2D eigenvalue weighted by atomic mass is 16.2. The Labute approximate surface area is 134 Å². The van der Waals surface area contributed by atoms with Crippen molar-refractivity contribution < 1.29 is 4.79 Å². The van der Waals surface area contributed by atoms with Crippen LogP contribution in [0, 0.1) is 5.92 Å². The molecular formula is C19H28N2O. The standard InChI is InChI=1S/C19H28N2O/c22-19(18-7-3-1-4-8-18)21-15-10-17(11-16-21)9-14-20-12-5-2-6-13-20/h1,3-4,7-8,17H,2,5-6,9-16H2. The van der Waals surface area contributed by atoms with Gasteiger partial charge in [-0.05, 0) is 69.8 Å². The van der Waals surface area contributed by atoms with Gasteiger partial charge in [0.1, 0.15) is 0 Å². The van der Waals surface area contributed by atoms with E-state index in [1.165, 1.54) is 58.2 Å². The molecule has 0 bridgehead atoms. The molecule has 22 heavy (non-hydrogen) atoms. The maximum Gasteiger partial charge on any atom is 0.253 e. The van der Waals surface area contributed by atoms with Crippen LogP contribution in [-0.2, 0) is 0 Å². The third-order valence-corrected chi connectivity index (χ3v) is 5.22. The number of piperidine rings is 2. The zero-order valence-corrected chi connectivity index (χ0v) is 13.5. The Balaban J connectivity index is 1.41. The lowest BCUT2D eigenvalue weighted by molar-refractivity contribution is 0.0679. The number of hydrogen-bond acceptors (Lipinski definition) is 2. The van der Waals surface area contributed by atoms with Gasteiger partial charge < -0.3 is 9.80 Å². The number of carbonyl (C=O) groups excluding carboxylic acids is 1. The number of likely N-dealkylation sites (tertiary alicyclic amines) is 2. The number of benzene rings is 1. The second-order valence-electron chi connectivity index (χ2n) is 6.79. The van der Waals surface area contributed by atoms with Crippen LogP contribution < -0.4 is 0 Å². The molecule has 0 radical (unpaired) electrons. The highest BCUT2D eigenvalue weighted by Crippen LogP contribution is 2.23. The zero-order chi connectivity index (χ0) is 15.2. The van der Waals surface area contributed by atoms with Crippen molar-refractivity contribution >= 4 is 5.91 Å². The van der Waals surface area contributed by atoms with Crippen LogP contribution in [0.1, 0.15) is 48.9 Å². The van der Waals surface area contributed by atoms with Crippen molar-refractivity contribution in [1.82, 2.24) is 9.80 Å². The maximum atomic E-state index is 12.4. The fourth-order valence-electron chi connectivity index (χ4n) is 3.74. The summed E-state index contributed by atoms with van der Waals surface area (Å²) in [5.74, 6) is 1.01. The fraction of sp³-hybridized carbons (Fsp3) is 0.632. The van der Waals surface area contributed by atoms with Gasteiger partial charge in [-0.15, -0.1) is 0 Å². The summed E-state index contributed by atoms with van der Waals surface area (Å²) in [5, 5.41) is 0. The van der Waals surface area contributed by atoms with Crippen LogP contribution in [0.15, 0.2) is 30.3 Å². The summed E-state index contributed by atoms with van der Waals surface area (Å²) >= 11 is 0. The van der Waals surface area contributed by atoms with Gasteiger partial charge in [0.05, 0.1) is 0 Å². The normalized spacial score (nSPS) is 21.0. The molecule has 1 aromatic rings. The summed E-state index contributed by atoms with van der Waals surface area (Å²) in [7, 11) is 0. The highest BCUT2D eigenvalue weighted by Gasteiger charge is 2.24. The van der Waals surface area contributed by atoms with Gasteiger partial charge in [-0.2, -0.15) is 0 Å². The first-order valence-corrected chi connectivity index (χ1v) is 8.89. The van der Waals surface area contributed by atoms with Crippen LogP contribution in [0.3, 0.4) is 0 Å². The molecule has 0 aliphatic carbocycles. The summed E-state index contributed by atoms with van der Waals surface area (Å²) in [5.41, 5.74) is 0.828. The van der Waals surface area contributed by atoms with E-state index in [-0.39, 0.29) is 5.91 Å². The molecule has 0 unspecified atom stereocenters. The summed E-state index contributed by atoms with van der Waals surface area (Å²) in [4.78, 5) is 17.1. The summed E-state index contributed by atoms with van der Waals surface area (Å²) in [6, 6.07) is 9.69. The average Bonchev–Trinajstić information content (AvgIpc) is 2.61. The first kappa shape index (κ1) is 15.5. The smallest absolute Gasteiger partial charge is 0.253 e. The van der Waals surface area contributed by atoms with Crippen LogP contribution in [0.2, 0.25) is 0 Å². The quantitative estimate of drug-likeness (QED) is 0.850. The van der Waals surface area contributed by atoms with E-state index in [2.05, 4.69) is 4.90 Å². The predicted octanol–water partition coefficient (Wildman–Crippen LogP) is 3.41. The van der Waals surface area contributed by atoms with Gasteiger partial charge in [0.25, 0.3) is 5.91 Å². The molecule has 3 heteroatoms. The maximum absolute atomic E-state index is 12.4. The minimum atomic E-state index is 0.204. The molecular weight excluding hydrogens is 272 g/mol. The van der Waals surface area contributed by atoms with Crippen LogP contribution in [0.5, 0.6) is 0 Å². The largest absolute Gasteiger partial charge is 0.339 e. The second kappa shape index (κ2) is 7.77. The lowest BCUT2D eigenvalue weighted by atomic mass is 9.92. The SMILES string of the molecule is O=C(c1ccccc1)N1CCC(CCN2CCCCC2)CC1. The molecule has 0 spiro atoms. The molecule has 2 fully saturated rings. The molecule has 1 aromatic carbocycles. The monoisotopic (exact) mass is 300 g/mol. The van der Waals surface area contributed by atoms with Gasteiger partial charge in [0, 0.05) is 18.7 Å². The first-order valence-electron chi connectivity index (χ1n) is 8.89. The molecule has 0 atom stereocenters. The van der Waals surface area contributed by atoms with Crippen LogP contribution in [0.4, 0.5) is 0 Å². The van der Waals surface area contributed by atoms with E-state index in [4.69, 9.17) is 0 Å². The molecule has 0 aromatic heterocycles. The van der Waals surface area contributed by atoms with Crippen molar-refractivity contribution in [3.05, 3.63) is 35.9 Å². The molecule has 2 heterocycles. The van der Waals surface area contributed by atoms with E-state index in [0.717, 1.165) is 24.6 Å². The van der Waals surface area contributed by atoms with Crippen molar-refractivity contribution in [2.45, 2.75) is 38.5 Å². The van der Waals surface area contributed by atoms with E-state index in [1.54, 1.807) is 0 Å². The molecule has 2 aliphatic rings. The van der Waals surface area contributed by atoms with E-state index in [1.807, 2.05) is 35.2 Å². The van der Waals surface area contributed by atoms with Gasteiger partial charge >= 0.3 is 0 Å². The second-order valence-corrected chi connectivity index (χ2v) is 6.79. The summed E-state index contributed by atoms with van der Waals surface area (Å²) in [6.07, 6.45) is 7.83. The van der Waals surface area contributed by atoms with E-state index >= 15 is 0 Å². The number of carbonyl (C=O) groups is 1. The van der Waals surface area contributed by atoms with Crippen molar-refractivity contribution in [2.24, 2.45) is 5.92 Å². The highest BCUT2D eigenvalue weighted by molar-refractivity contribution is 5.94. The number of amides is 1. The molecule has 120 valence electrons. The fourth-order valence-corrected chi connectivity index (χ4v) is 3.74. The minimum absolute atomic E-state index is 0.204. The Kier molecular flexibility index (Phi) is 5.49. The Hall–Kier alpha value is -1.35. The Morgan fingerprint density at radius 1 is 0.955 bits per heavy atom. The van der Waals surface area contributed by atoms with E-state index in [9.17, 15) is 4.79 Å². The van der Waals surface area contributed by atoms with Crippen molar-refractivity contribution in [3.63, 3.8) is 0 Å². The van der Waals surface area contributed by atoms with Gasteiger partial charge in [0.2, 0.25) is 0 Å². The van der Waals surface area contributed by atoms with E-state index < -0.39 is 0 Å². The molecule has 2 saturated heterocycles. The minimum Gasteiger partial charge on any atom is -0.339 e.